The molecule has 76 valence electrons. The zero-order chi connectivity index (χ0) is 14.5. The largest absolute Gasteiger partial charge is 0.393 e. The molecule has 0 aromatic heterocycles. The molecule has 0 aliphatic heterocycles. The van der Waals surface area contributed by atoms with Crippen molar-refractivity contribution in [2.45, 2.75) is 37.6 Å². The van der Waals surface area contributed by atoms with E-state index in [-0.39, 0.29) is 18.8 Å². The highest BCUT2D eigenvalue weighted by atomic mass is 35.5. The van der Waals surface area contributed by atoms with E-state index in [9.17, 15) is 5.11 Å². The minimum atomic E-state index is -2.73. The summed E-state index contributed by atoms with van der Waals surface area (Å²) in [5.74, 6) is -0.382. The second-order valence-corrected chi connectivity index (χ2v) is 3.80. The highest BCUT2D eigenvalue weighted by Gasteiger charge is 2.20. The van der Waals surface area contributed by atoms with Gasteiger partial charge in [-0.25, -0.2) is 0 Å². The second kappa shape index (κ2) is 4.33. The fraction of sp³-hybridized carbons (Fsp3) is 0.500. The molecule has 0 atom stereocenters. The van der Waals surface area contributed by atoms with Gasteiger partial charge >= 0.3 is 0 Å². The van der Waals surface area contributed by atoms with Crippen LogP contribution in [0.3, 0.4) is 0 Å². The third-order valence-corrected chi connectivity index (χ3v) is 2.63. The molecule has 14 heavy (non-hydrogen) atoms. The Bertz CT molecular complexity index is 452. The summed E-state index contributed by atoms with van der Waals surface area (Å²) in [7, 11) is 0. The van der Waals surface area contributed by atoms with Gasteiger partial charge in [0.1, 0.15) is 0 Å². The van der Waals surface area contributed by atoms with Crippen LogP contribution >= 0.6 is 11.6 Å². The van der Waals surface area contributed by atoms with E-state index in [4.69, 9.17) is 18.5 Å². The molecule has 0 saturated heterocycles. The van der Waals surface area contributed by atoms with Gasteiger partial charge < -0.3 is 5.11 Å². The molecule has 1 nitrogen and oxygen atoms in total. The van der Waals surface area contributed by atoms with Crippen molar-refractivity contribution in [3.8, 4) is 0 Å². The molecular formula is C12H15ClO. The van der Waals surface area contributed by atoms with Gasteiger partial charge in [0.05, 0.1) is 7.45 Å². The van der Waals surface area contributed by atoms with Crippen LogP contribution in [-0.2, 0) is 0 Å². The number of benzene rings is 1. The lowest BCUT2D eigenvalue weighted by Gasteiger charge is -2.25. The average molecular weight is 216 g/mol. The van der Waals surface area contributed by atoms with Crippen molar-refractivity contribution in [1.82, 2.24) is 0 Å². The minimum absolute atomic E-state index is 0.0891. The van der Waals surface area contributed by atoms with E-state index < -0.39 is 18.8 Å². The van der Waals surface area contributed by atoms with Gasteiger partial charge in [0.2, 0.25) is 0 Å². The zero-order valence-electron chi connectivity index (χ0n) is 12.6. The quantitative estimate of drug-likeness (QED) is 0.762. The fourth-order valence-corrected chi connectivity index (χ4v) is 1.67. The maximum absolute atomic E-state index is 9.83. The molecule has 1 aliphatic rings. The topological polar surface area (TPSA) is 20.2 Å². The molecule has 1 aliphatic carbocycles. The molecular weight excluding hydrogens is 196 g/mol. The number of hydrogen-bond acceptors (Lipinski definition) is 1. The third-order valence-electron chi connectivity index (χ3n) is 2.37. The molecule has 2 rings (SSSR count). The van der Waals surface area contributed by atoms with E-state index in [1.165, 1.54) is 0 Å². The lowest BCUT2D eigenvalue weighted by atomic mass is 9.83. The number of aliphatic hydroxyl groups is 1. The minimum Gasteiger partial charge on any atom is -0.393 e. The van der Waals surface area contributed by atoms with Crippen molar-refractivity contribution in [3.63, 3.8) is 0 Å². The van der Waals surface area contributed by atoms with Gasteiger partial charge in [0.25, 0.3) is 0 Å². The Morgan fingerprint density at radius 1 is 1.29 bits per heavy atom. The smallest absolute Gasteiger partial charge is 0.0600 e. The van der Waals surface area contributed by atoms with Gasteiger partial charge in [-0.3, -0.25) is 0 Å². The monoisotopic (exact) mass is 215 g/mol. The summed E-state index contributed by atoms with van der Waals surface area (Å²) in [6, 6.07) is 6.80. The first-order chi connectivity index (χ1) is 8.57. The van der Waals surface area contributed by atoms with Crippen molar-refractivity contribution in [1.29, 1.82) is 0 Å². The summed E-state index contributed by atoms with van der Waals surface area (Å²) in [5.41, 5.74) is 0.771. The average Bonchev–Trinajstić information content (AvgIpc) is 2.26. The number of rotatable bonds is 1. The molecule has 0 heterocycles. The predicted octanol–water partition coefficient (Wildman–Crippen LogP) is 3.36. The fourth-order valence-electron chi connectivity index (χ4n) is 1.55. The van der Waals surface area contributed by atoms with Crippen molar-refractivity contribution in [2.24, 2.45) is 0 Å². The van der Waals surface area contributed by atoms with E-state index in [1.807, 2.05) is 0 Å². The molecule has 1 N–H and O–H groups in total. The standard InChI is InChI=1S/C12H15ClO/c13-11-5-1-9(2-6-11)10-3-7-12(14)8-4-10/h1-2,5-6,10,12,14H,3-4,7-8H2/i7D2,8D2,12D. The van der Waals surface area contributed by atoms with Crippen LogP contribution in [0.2, 0.25) is 5.02 Å². The van der Waals surface area contributed by atoms with Crippen LogP contribution in [0, 0.1) is 0 Å². The predicted molar refractivity (Wildman–Crippen MR) is 58.7 cm³/mol. The SMILES string of the molecule is [2H]C1([2H])CC(c2ccc(Cl)cc2)CC([2H])([2H])C1([2H])O. The highest BCUT2D eigenvalue weighted by molar-refractivity contribution is 6.30. The van der Waals surface area contributed by atoms with Crippen LogP contribution < -0.4 is 0 Å². The summed E-state index contributed by atoms with van der Waals surface area (Å²) < 4.78 is 38.7. The Morgan fingerprint density at radius 2 is 1.86 bits per heavy atom. The molecule has 1 saturated carbocycles. The lowest BCUT2D eigenvalue weighted by molar-refractivity contribution is 0.122. The van der Waals surface area contributed by atoms with Gasteiger partial charge in [-0.2, -0.15) is 0 Å². The molecule has 0 radical (unpaired) electrons. The van der Waals surface area contributed by atoms with Crippen molar-refractivity contribution < 1.29 is 12.0 Å². The zero-order valence-corrected chi connectivity index (χ0v) is 8.38. The van der Waals surface area contributed by atoms with Crippen LogP contribution in [0.25, 0.3) is 0 Å². The first-order valence-corrected chi connectivity index (χ1v) is 4.92. The Morgan fingerprint density at radius 3 is 2.43 bits per heavy atom. The Hall–Kier alpha value is -0.530. The molecule has 1 fully saturated rings. The Labute approximate surface area is 96.7 Å². The highest BCUT2D eigenvalue weighted by Crippen LogP contribution is 2.33. The van der Waals surface area contributed by atoms with Gasteiger partial charge in [0.15, 0.2) is 0 Å². The van der Waals surface area contributed by atoms with Crippen LogP contribution in [0.15, 0.2) is 24.3 Å². The van der Waals surface area contributed by atoms with E-state index in [0.29, 0.717) is 5.02 Å². The molecule has 0 bridgehead atoms. The molecule has 0 amide bonds. The lowest BCUT2D eigenvalue weighted by Crippen LogP contribution is -2.16. The normalized spacial score (nSPS) is 45.3. The molecule has 2 heteroatoms. The van der Waals surface area contributed by atoms with Gasteiger partial charge in [-0.1, -0.05) is 23.7 Å². The summed E-state index contributed by atoms with van der Waals surface area (Å²) in [6.07, 6.45) is -7.52. The van der Waals surface area contributed by atoms with Crippen LogP contribution in [0.4, 0.5) is 0 Å². The molecule has 0 spiro atoms. The van der Waals surface area contributed by atoms with Crippen LogP contribution in [0.5, 0.6) is 0 Å². The summed E-state index contributed by atoms with van der Waals surface area (Å²) in [5, 5.41) is 10.4. The van der Waals surface area contributed by atoms with Gasteiger partial charge in [0, 0.05) is 10.5 Å². The number of halogens is 1. The number of hydrogen-bond donors (Lipinski definition) is 1. The first kappa shape index (κ1) is 5.53. The molecule has 1 aromatic rings. The second-order valence-electron chi connectivity index (χ2n) is 3.36. The Balaban J connectivity index is 2.34. The van der Waals surface area contributed by atoms with Crippen molar-refractivity contribution in [2.75, 3.05) is 0 Å². The maximum Gasteiger partial charge on any atom is 0.0600 e. The third kappa shape index (κ3) is 2.28. The first-order valence-electron chi connectivity index (χ1n) is 7.05. The van der Waals surface area contributed by atoms with Crippen molar-refractivity contribution >= 4 is 11.6 Å². The maximum atomic E-state index is 9.83. The van der Waals surface area contributed by atoms with Crippen molar-refractivity contribution in [3.05, 3.63) is 34.9 Å². The summed E-state index contributed by atoms with van der Waals surface area (Å²) in [6.45, 7) is 0. The molecule has 1 aromatic carbocycles. The van der Waals surface area contributed by atoms with Gasteiger partial charge in [-0.05, 0) is 49.2 Å². The summed E-state index contributed by atoms with van der Waals surface area (Å²) >= 11 is 5.79. The van der Waals surface area contributed by atoms with Gasteiger partial charge in [-0.15, -0.1) is 0 Å². The van der Waals surface area contributed by atoms with Crippen LogP contribution in [-0.4, -0.2) is 11.2 Å². The van der Waals surface area contributed by atoms with E-state index >= 15 is 0 Å². The van der Waals surface area contributed by atoms with E-state index in [2.05, 4.69) is 0 Å². The summed E-state index contributed by atoms with van der Waals surface area (Å²) in [4.78, 5) is 0. The van der Waals surface area contributed by atoms with Crippen LogP contribution in [0.1, 0.15) is 43.9 Å². The van der Waals surface area contributed by atoms with E-state index in [0.717, 1.165) is 5.56 Å². The molecule has 0 unspecified atom stereocenters. The van der Waals surface area contributed by atoms with E-state index in [1.54, 1.807) is 24.3 Å². The Kier molecular flexibility index (Phi) is 1.71.